The van der Waals surface area contributed by atoms with Gasteiger partial charge in [0.2, 0.25) is 5.91 Å². The zero-order valence-corrected chi connectivity index (χ0v) is 16.4. The van der Waals surface area contributed by atoms with Crippen LogP contribution >= 0.6 is 0 Å². The number of anilines is 1. The van der Waals surface area contributed by atoms with Crippen LogP contribution in [0, 0.1) is 0 Å². The van der Waals surface area contributed by atoms with Crippen LogP contribution in [0.5, 0.6) is 0 Å². The highest BCUT2D eigenvalue weighted by Gasteiger charge is 2.21. The first-order valence-electron chi connectivity index (χ1n) is 9.74. The maximum atomic E-state index is 11.5. The van der Waals surface area contributed by atoms with Gasteiger partial charge in [-0.15, -0.1) is 0 Å². The Hall–Kier alpha value is -2.35. The molecule has 0 saturated carbocycles. The lowest BCUT2D eigenvalue weighted by Gasteiger charge is -2.36. The summed E-state index contributed by atoms with van der Waals surface area (Å²) >= 11 is 0. The number of aromatic nitrogens is 1. The Morgan fingerprint density at radius 1 is 1.19 bits per heavy atom. The van der Waals surface area contributed by atoms with Crippen LogP contribution < -0.4 is 10.2 Å². The number of nitrogens with one attached hydrogen (secondary N) is 1. The lowest BCUT2D eigenvalue weighted by molar-refractivity contribution is -0.130. The SMILES string of the molecule is CCNC(=NCc1cccnc1N1CCOCC1)N1CCN(C(C)=O)CC1. The third-order valence-corrected chi connectivity index (χ3v) is 4.94. The maximum absolute atomic E-state index is 11.5. The molecule has 8 heteroatoms. The van der Waals surface area contributed by atoms with E-state index in [0.29, 0.717) is 6.54 Å². The number of hydrogen-bond donors (Lipinski definition) is 1. The molecule has 1 aromatic rings. The predicted molar refractivity (Wildman–Crippen MR) is 106 cm³/mol. The molecule has 2 saturated heterocycles. The molecule has 148 valence electrons. The van der Waals surface area contributed by atoms with Crippen molar-refractivity contribution in [1.29, 1.82) is 0 Å². The summed E-state index contributed by atoms with van der Waals surface area (Å²) in [4.78, 5) is 27.4. The topological polar surface area (TPSA) is 73.3 Å². The minimum absolute atomic E-state index is 0.141. The zero-order chi connectivity index (χ0) is 19.1. The number of carbonyl (C=O) groups is 1. The van der Waals surface area contributed by atoms with E-state index in [1.807, 2.05) is 17.2 Å². The van der Waals surface area contributed by atoms with E-state index in [2.05, 4.69) is 33.1 Å². The number of carbonyl (C=O) groups excluding carboxylic acids is 1. The number of rotatable bonds is 4. The van der Waals surface area contributed by atoms with Crippen molar-refractivity contribution in [1.82, 2.24) is 20.1 Å². The van der Waals surface area contributed by atoms with Gasteiger partial charge in [-0.3, -0.25) is 4.79 Å². The highest BCUT2D eigenvalue weighted by atomic mass is 16.5. The molecule has 2 aliphatic heterocycles. The summed E-state index contributed by atoms with van der Waals surface area (Å²) in [7, 11) is 0. The van der Waals surface area contributed by atoms with E-state index in [1.54, 1.807) is 6.92 Å². The number of hydrogen-bond acceptors (Lipinski definition) is 5. The van der Waals surface area contributed by atoms with Gasteiger partial charge in [0.1, 0.15) is 5.82 Å². The number of aliphatic imine (C=N–C) groups is 1. The van der Waals surface area contributed by atoms with E-state index < -0.39 is 0 Å². The minimum Gasteiger partial charge on any atom is -0.378 e. The van der Waals surface area contributed by atoms with Crippen LogP contribution in [-0.4, -0.2) is 85.7 Å². The number of piperazine rings is 1. The van der Waals surface area contributed by atoms with E-state index in [-0.39, 0.29) is 5.91 Å². The Morgan fingerprint density at radius 2 is 1.89 bits per heavy atom. The van der Waals surface area contributed by atoms with Gasteiger partial charge in [0, 0.05) is 64.5 Å². The van der Waals surface area contributed by atoms with Gasteiger partial charge in [-0.05, 0) is 13.0 Å². The van der Waals surface area contributed by atoms with Crippen LogP contribution in [0.1, 0.15) is 19.4 Å². The Balaban J connectivity index is 1.69. The average molecular weight is 374 g/mol. The summed E-state index contributed by atoms with van der Waals surface area (Å²) in [5.41, 5.74) is 1.12. The summed E-state index contributed by atoms with van der Waals surface area (Å²) in [6.07, 6.45) is 1.84. The number of morpholine rings is 1. The molecular weight excluding hydrogens is 344 g/mol. The van der Waals surface area contributed by atoms with Crippen molar-refractivity contribution in [2.45, 2.75) is 20.4 Å². The number of amides is 1. The zero-order valence-electron chi connectivity index (χ0n) is 16.4. The maximum Gasteiger partial charge on any atom is 0.219 e. The Kier molecular flexibility index (Phi) is 6.86. The average Bonchev–Trinajstić information content (AvgIpc) is 2.72. The Labute approximate surface area is 161 Å². The fraction of sp³-hybridized carbons (Fsp3) is 0.632. The molecule has 2 fully saturated rings. The third-order valence-electron chi connectivity index (χ3n) is 4.94. The van der Waals surface area contributed by atoms with E-state index in [9.17, 15) is 4.79 Å². The molecule has 3 rings (SSSR count). The molecule has 27 heavy (non-hydrogen) atoms. The summed E-state index contributed by atoms with van der Waals surface area (Å²) in [6.45, 7) is 11.4. The number of guanidine groups is 1. The summed E-state index contributed by atoms with van der Waals surface area (Å²) in [6, 6.07) is 4.06. The second kappa shape index (κ2) is 9.55. The largest absolute Gasteiger partial charge is 0.378 e. The Bertz CT molecular complexity index is 651. The normalized spacial score (nSPS) is 18.6. The van der Waals surface area contributed by atoms with Gasteiger partial charge in [-0.25, -0.2) is 9.98 Å². The van der Waals surface area contributed by atoms with E-state index in [4.69, 9.17) is 9.73 Å². The molecule has 8 nitrogen and oxygen atoms in total. The van der Waals surface area contributed by atoms with Crippen molar-refractivity contribution in [2.75, 3.05) is 63.9 Å². The van der Waals surface area contributed by atoms with Gasteiger partial charge in [0.15, 0.2) is 5.96 Å². The molecular formula is C19H30N6O2. The van der Waals surface area contributed by atoms with Crippen LogP contribution in [0.25, 0.3) is 0 Å². The minimum atomic E-state index is 0.141. The van der Waals surface area contributed by atoms with E-state index in [0.717, 1.165) is 76.4 Å². The molecule has 0 aliphatic carbocycles. The molecule has 0 radical (unpaired) electrons. The molecule has 2 aliphatic rings. The predicted octanol–water partition coefficient (Wildman–Crippen LogP) is 0.548. The first-order chi connectivity index (χ1) is 13.2. The summed E-state index contributed by atoms with van der Waals surface area (Å²) in [5, 5.41) is 3.38. The Morgan fingerprint density at radius 3 is 2.56 bits per heavy atom. The molecule has 1 amide bonds. The van der Waals surface area contributed by atoms with Gasteiger partial charge < -0.3 is 24.8 Å². The fourth-order valence-electron chi connectivity index (χ4n) is 3.43. The van der Waals surface area contributed by atoms with Crippen LogP contribution in [0.3, 0.4) is 0 Å². The second-order valence-corrected chi connectivity index (χ2v) is 6.75. The molecule has 3 heterocycles. The van der Waals surface area contributed by atoms with Crippen molar-refractivity contribution in [2.24, 2.45) is 4.99 Å². The van der Waals surface area contributed by atoms with E-state index in [1.165, 1.54) is 0 Å². The van der Waals surface area contributed by atoms with Crippen molar-refractivity contribution < 1.29 is 9.53 Å². The lowest BCUT2D eigenvalue weighted by Crippen LogP contribution is -2.53. The quantitative estimate of drug-likeness (QED) is 0.613. The number of pyridine rings is 1. The van der Waals surface area contributed by atoms with E-state index >= 15 is 0 Å². The van der Waals surface area contributed by atoms with Gasteiger partial charge >= 0.3 is 0 Å². The second-order valence-electron chi connectivity index (χ2n) is 6.75. The monoisotopic (exact) mass is 374 g/mol. The molecule has 0 aromatic carbocycles. The van der Waals surface area contributed by atoms with Gasteiger partial charge in [-0.2, -0.15) is 0 Å². The number of ether oxygens (including phenoxy) is 1. The highest BCUT2D eigenvalue weighted by molar-refractivity contribution is 5.80. The van der Waals surface area contributed by atoms with Gasteiger partial charge in [-0.1, -0.05) is 6.07 Å². The standard InChI is InChI=1S/C19H30N6O2/c1-3-20-19(25-9-7-23(8-10-25)16(2)26)22-15-17-5-4-6-21-18(17)24-11-13-27-14-12-24/h4-6H,3,7-15H2,1-2H3,(H,20,22). The van der Waals surface area contributed by atoms with Gasteiger partial charge in [0.05, 0.1) is 19.8 Å². The van der Waals surface area contributed by atoms with Crippen LogP contribution in [0.2, 0.25) is 0 Å². The van der Waals surface area contributed by atoms with Crippen LogP contribution in [-0.2, 0) is 16.1 Å². The molecule has 0 bridgehead atoms. The molecule has 0 spiro atoms. The molecule has 1 aromatic heterocycles. The lowest BCUT2D eigenvalue weighted by atomic mass is 10.2. The molecule has 1 N–H and O–H groups in total. The highest BCUT2D eigenvalue weighted by Crippen LogP contribution is 2.19. The summed E-state index contributed by atoms with van der Waals surface area (Å²) < 4.78 is 5.45. The third kappa shape index (κ3) is 5.09. The summed E-state index contributed by atoms with van der Waals surface area (Å²) in [5.74, 6) is 2.04. The van der Waals surface area contributed by atoms with Crippen molar-refractivity contribution in [3.63, 3.8) is 0 Å². The van der Waals surface area contributed by atoms with Crippen LogP contribution in [0.4, 0.5) is 5.82 Å². The van der Waals surface area contributed by atoms with Crippen molar-refractivity contribution in [3.8, 4) is 0 Å². The first-order valence-corrected chi connectivity index (χ1v) is 9.74. The van der Waals surface area contributed by atoms with Gasteiger partial charge in [0.25, 0.3) is 0 Å². The van der Waals surface area contributed by atoms with Crippen molar-refractivity contribution in [3.05, 3.63) is 23.9 Å². The fourth-order valence-corrected chi connectivity index (χ4v) is 3.43. The van der Waals surface area contributed by atoms with Crippen LogP contribution in [0.15, 0.2) is 23.3 Å². The molecule has 0 unspecified atom stereocenters. The molecule has 0 atom stereocenters. The smallest absolute Gasteiger partial charge is 0.219 e. The number of nitrogens with zero attached hydrogens (tertiary/aromatic N) is 5. The van der Waals surface area contributed by atoms with Crippen molar-refractivity contribution >= 4 is 17.7 Å². The first kappa shape index (κ1) is 19.4.